The lowest BCUT2D eigenvalue weighted by atomic mass is 10.1. The number of aliphatic hydroxyl groups is 2. The number of aliphatic hydroxyl groups excluding tert-OH is 2. The van der Waals surface area contributed by atoms with Crippen LogP contribution in [-0.4, -0.2) is 46.7 Å². The van der Waals surface area contributed by atoms with E-state index in [-0.39, 0.29) is 26.1 Å². The van der Waals surface area contributed by atoms with Crippen LogP contribution in [0.3, 0.4) is 0 Å². The fourth-order valence-corrected chi connectivity index (χ4v) is 2.54. The van der Waals surface area contributed by atoms with Gasteiger partial charge in [0.05, 0.1) is 0 Å². The van der Waals surface area contributed by atoms with Crippen LogP contribution >= 0.6 is 0 Å². The number of hydrogen-bond donors (Lipinski definition) is 4. The second-order valence-corrected chi connectivity index (χ2v) is 6.63. The summed E-state index contributed by atoms with van der Waals surface area (Å²) < 4.78 is 5.12. The molecule has 30 heavy (non-hydrogen) atoms. The van der Waals surface area contributed by atoms with E-state index in [9.17, 15) is 24.6 Å². The lowest BCUT2D eigenvalue weighted by molar-refractivity contribution is -0.146. The molecule has 0 saturated carbocycles. The summed E-state index contributed by atoms with van der Waals surface area (Å²) in [5.41, 5.74) is 1.69. The summed E-state index contributed by atoms with van der Waals surface area (Å²) in [6.45, 7) is 0.430. The Kier molecular flexibility index (Phi) is 9.50. The van der Waals surface area contributed by atoms with Gasteiger partial charge in [-0.1, -0.05) is 60.7 Å². The molecule has 0 aliphatic rings. The molecule has 2 rings (SSSR count). The van der Waals surface area contributed by atoms with E-state index in [2.05, 4.69) is 10.6 Å². The topological polar surface area (TPSA) is 125 Å². The van der Waals surface area contributed by atoms with Crippen LogP contribution in [0.2, 0.25) is 0 Å². The zero-order valence-corrected chi connectivity index (χ0v) is 16.5. The molecular weight excluding hydrogens is 388 g/mol. The Morgan fingerprint density at radius 3 is 1.93 bits per heavy atom. The summed E-state index contributed by atoms with van der Waals surface area (Å²) in [6, 6.07) is 18.3. The average molecular weight is 414 g/mol. The molecule has 8 heteroatoms. The minimum absolute atomic E-state index is 0.0866. The van der Waals surface area contributed by atoms with Crippen molar-refractivity contribution in [1.82, 2.24) is 10.6 Å². The maximum atomic E-state index is 11.9. The average Bonchev–Trinajstić information content (AvgIpc) is 2.79. The quantitative estimate of drug-likeness (QED) is 0.316. The maximum Gasteiger partial charge on any atom is 0.306 e. The van der Waals surface area contributed by atoms with Gasteiger partial charge in [-0.15, -0.1) is 0 Å². The predicted octanol–water partition coefficient (Wildman–Crippen LogP) is 0.664. The molecule has 2 aromatic rings. The number of benzene rings is 2. The zero-order valence-electron chi connectivity index (χ0n) is 16.5. The number of amides is 2. The maximum absolute atomic E-state index is 11.9. The Hall–Kier alpha value is -3.23. The van der Waals surface area contributed by atoms with Crippen molar-refractivity contribution in [1.29, 1.82) is 0 Å². The number of rotatable bonds is 11. The second kappa shape index (κ2) is 12.4. The van der Waals surface area contributed by atoms with Crippen LogP contribution in [0, 0.1) is 0 Å². The first-order valence-corrected chi connectivity index (χ1v) is 9.62. The molecule has 8 nitrogen and oxygen atoms in total. The molecule has 0 aliphatic heterocycles. The molecule has 160 valence electrons. The van der Waals surface area contributed by atoms with Crippen molar-refractivity contribution >= 4 is 17.8 Å². The third kappa shape index (κ3) is 8.02. The van der Waals surface area contributed by atoms with E-state index >= 15 is 0 Å². The smallest absolute Gasteiger partial charge is 0.306 e. The third-order valence-electron chi connectivity index (χ3n) is 4.25. The normalized spacial score (nSPS) is 12.5. The van der Waals surface area contributed by atoms with E-state index < -0.39 is 30.0 Å². The van der Waals surface area contributed by atoms with Crippen molar-refractivity contribution < 1.29 is 29.3 Å². The first kappa shape index (κ1) is 23.1. The molecule has 0 radical (unpaired) electrons. The van der Waals surface area contributed by atoms with Gasteiger partial charge in [-0.05, 0) is 17.5 Å². The highest BCUT2D eigenvalue weighted by Gasteiger charge is 2.29. The third-order valence-corrected chi connectivity index (χ3v) is 4.25. The summed E-state index contributed by atoms with van der Waals surface area (Å²) in [7, 11) is 0. The molecule has 0 heterocycles. The monoisotopic (exact) mass is 414 g/mol. The Balaban J connectivity index is 1.62. The Labute approximate surface area is 174 Å². The standard InChI is InChI=1S/C22H26N2O6/c25-18(30-15-17-10-5-2-6-11-17)12-7-13-23-21(28)19(26)20(27)22(29)24-14-16-8-3-1-4-9-16/h1-6,8-11,19-20,26-27H,7,12-15H2,(H,23,28)(H,24,29)/t19-,20-/m1/s1. The SMILES string of the molecule is O=C(CCCNC(=O)[C@H](O)[C@@H](O)C(=O)NCc1ccccc1)OCc1ccccc1. The Bertz CT molecular complexity index is 813. The lowest BCUT2D eigenvalue weighted by Crippen LogP contribution is -2.49. The Morgan fingerprint density at radius 1 is 0.800 bits per heavy atom. The number of ether oxygens (including phenoxy) is 1. The molecule has 2 atom stereocenters. The van der Waals surface area contributed by atoms with Crippen LogP contribution in [-0.2, 0) is 32.3 Å². The van der Waals surface area contributed by atoms with Crippen LogP contribution < -0.4 is 10.6 Å². The number of hydrogen-bond acceptors (Lipinski definition) is 6. The first-order valence-electron chi connectivity index (χ1n) is 9.62. The van der Waals surface area contributed by atoms with Crippen molar-refractivity contribution in [2.45, 2.75) is 38.2 Å². The van der Waals surface area contributed by atoms with Gasteiger partial charge >= 0.3 is 5.97 Å². The molecule has 2 amide bonds. The van der Waals surface area contributed by atoms with Gasteiger partial charge < -0.3 is 25.6 Å². The summed E-state index contributed by atoms with van der Waals surface area (Å²) in [5.74, 6) is -2.16. The minimum atomic E-state index is -1.91. The fourth-order valence-electron chi connectivity index (χ4n) is 2.54. The summed E-state index contributed by atoms with van der Waals surface area (Å²) in [5, 5.41) is 24.6. The molecule has 0 aliphatic carbocycles. The second-order valence-electron chi connectivity index (χ2n) is 6.63. The summed E-state index contributed by atoms with van der Waals surface area (Å²) >= 11 is 0. The summed E-state index contributed by atoms with van der Waals surface area (Å²) in [6.07, 6.45) is -3.43. The van der Waals surface area contributed by atoms with Crippen LogP contribution in [0.5, 0.6) is 0 Å². The van der Waals surface area contributed by atoms with E-state index in [0.717, 1.165) is 11.1 Å². The van der Waals surface area contributed by atoms with Crippen LogP contribution in [0.4, 0.5) is 0 Å². The molecular formula is C22H26N2O6. The van der Waals surface area contributed by atoms with E-state index in [0.29, 0.717) is 6.42 Å². The van der Waals surface area contributed by atoms with Gasteiger partial charge in [-0.25, -0.2) is 0 Å². The van der Waals surface area contributed by atoms with Gasteiger partial charge in [-0.2, -0.15) is 0 Å². The fraction of sp³-hybridized carbons (Fsp3) is 0.318. The van der Waals surface area contributed by atoms with Gasteiger partial charge in [-0.3, -0.25) is 14.4 Å². The largest absolute Gasteiger partial charge is 0.461 e. The lowest BCUT2D eigenvalue weighted by Gasteiger charge is -2.17. The molecule has 0 saturated heterocycles. The highest BCUT2D eigenvalue weighted by atomic mass is 16.5. The Morgan fingerprint density at radius 2 is 1.33 bits per heavy atom. The van der Waals surface area contributed by atoms with Gasteiger partial charge in [0.25, 0.3) is 11.8 Å². The van der Waals surface area contributed by atoms with Crippen molar-refractivity contribution in [3.63, 3.8) is 0 Å². The van der Waals surface area contributed by atoms with Crippen molar-refractivity contribution in [3.8, 4) is 0 Å². The summed E-state index contributed by atoms with van der Waals surface area (Å²) in [4.78, 5) is 35.5. The van der Waals surface area contributed by atoms with Crippen LogP contribution in [0.25, 0.3) is 0 Å². The highest BCUT2D eigenvalue weighted by molar-refractivity contribution is 5.90. The number of carbonyl (C=O) groups excluding carboxylic acids is 3. The number of esters is 1. The zero-order chi connectivity index (χ0) is 21.8. The highest BCUT2D eigenvalue weighted by Crippen LogP contribution is 2.03. The van der Waals surface area contributed by atoms with Gasteiger partial charge in [0.2, 0.25) is 0 Å². The van der Waals surface area contributed by atoms with Crippen molar-refractivity contribution in [2.75, 3.05) is 6.54 Å². The predicted molar refractivity (Wildman–Crippen MR) is 109 cm³/mol. The van der Waals surface area contributed by atoms with E-state index in [1.807, 2.05) is 36.4 Å². The molecule has 2 aromatic carbocycles. The minimum Gasteiger partial charge on any atom is -0.461 e. The number of nitrogens with one attached hydrogen (secondary N) is 2. The van der Waals surface area contributed by atoms with Crippen LogP contribution in [0.15, 0.2) is 60.7 Å². The molecule has 0 spiro atoms. The van der Waals surface area contributed by atoms with Crippen molar-refractivity contribution in [2.24, 2.45) is 0 Å². The van der Waals surface area contributed by atoms with E-state index in [1.54, 1.807) is 24.3 Å². The first-order chi connectivity index (χ1) is 14.5. The van der Waals surface area contributed by atoms with Crippen molar-refractivity contribution in [3.05, 3.63) is 71.8 Å². The molecule has 0 unspecified atom stereocenters. The van der Waals surface area contributed by atoms with Gasteiger partial charge in [0.15, 0.2) is 12.2 Å². The molecule has 0 fully saturated rings. The molecule has 0 aromatic heterocycles. The van der Waals surface area contributed by atoms with Gasteiger partial charge in [0.1, 0.15) is 6.61 Å². The number of carbonyl (C=O) groups is 3. The van der Waals surface area contributed by atoms with Crippen LogP contribution in [0.1, 0.15) is 24.0 Å². The molecule has 0 bridgehead atoms. The molecule has 4 N–H and O–H groups in total. The van der Waals surface area contributed by atoms with E-state index in [4.69, 9.17) is 4.74 Å². The van der Waals surface area contributed by atoms with E-state index in [1.165, 1.54) is 0 Å². The van der Waals surface area contributed by atoms with Gasteiger partial charge in [0, 0.05) is 19.5 Å².